The van der Waals surface area contributed by atoms with Gasteiger partial charge >= 0.3 is 0 Å². The topological polar surface area (TPSA) is 24.7 Å². The molecule has 0 bridgehead atoms. The zero-order valence-electron chi connectivity index (χ0n) is 13.0. The summed E-state index contributed by atoms with van der Waals surface area (Å²) in [6.45, 7) is 9.89. The number of nitrogens with zero attached hydrogens (tertiary/aromatic N) is 2. The van der Waals surface area contributed by atoms with Crippen molar-refractivity contribution in [2.24, 2.45) is 9.98 Å². The quantitative estimate of drug-likeness (QED) is 0.541. The van der Waals surface area contributed by atoms with Crippen molar-refractivity contribution >= 4 is 17.7 Å². The zero-order valence-corrected chi connectivity index (χ0v) is 13.0. The fraction of sp³-hybridized carbons (Fsp3) is 0.158. The molecule has 0 N–H and O–H groups in total. The predicted molar refractivity (Wildman–Crippen MR) is 94.0 cm³/mol. The fourth-order valence-corrected chi connectivity index (χ4v) is 1.64. The Morgan fingerprint density at radius 1 is 0.857 bits per heavy atom. The van der Waals surface area contributed by atoms with Gasteiger partial charge < -0.3 is 0 Å². The minimum Gasteiger partial charge on any atom is -0.241 e. The third-order valence-electron chi connectivity index (χ3n) is 2.76. The lowest BCUT2D eigenvalue weighted by molar-refractivity contribution is 1.50. The third kappa shape index (κ3) is 5.57. The monoisotopic (exact) mass is 278 g/mol. The predicted octanol–water partition coefficient (Wildman–Crippen LogP) is 5.22. The molecule has 2 nitrogen and oxygen atoms in total. The van der Waals surface area contributed by atoms with Crippen molar-refractivity contribution in [2.75, 3.05) is 0 Å². The second-order valence-corrected chi connectivity index (χ2v) is 4.14. The lowest BCUT2D eigenvalue weighted by atomic mass is 10.1. The highest BCUT2D eigenvalue weighted by molar-refractivity contribution is 6.02. The van der Waals surface area contributed by atoms with Crippen molar-refractivity contribution in [2.45, 2.75) is 20.8 Å². The molecule has 0 saturated carbocycles. The summed E-state index contributed by atoms with van der Waals surface area (Å²) >= 11 is 0. The Kier molecular flexibility index (Phi) is 7.44. The molecule has 0 aliphatic rings. The number of hydrogen-bond donors (Lipinski definition) is 0. The Morgan fingerprint density at radius 2 is 1.33 bits per heavy atom. The Hall–Kier alpha value is -2.48. The molecular formula is C19H22N2. The second-order valence-electron chi connectivity index (χ2n) is 4.14. The Bertz CT molecular complexity index is 596. The van der Waals surface area contributed by atoms with Gasteiger partial charge in [0.15, 0.2) is 0 Å². The van der Waals surface area contributed by atoms with E-state index in [4.69, 9.17) is 0 Å². The fourth-order valence-electron chi connectivity index (χ4n) is 1.64. The van der Waals surface area contributed by atoms with Crippen molar-refractivity contribution in [3.63, 3.8) is 0 Å². The highest BCUT2D eigenvalue weighted by atomic mass is 14.9. The largest absolute Gasteiger partial charge is 0.241 e. The van der Waals surface area contributed by atoms with E-state index in [1.54, 1.807) is 6.34 Å². The van der Waals surface area contributed by atoms with Gasteiger partial charge in [-0.3, -0.25) is 0 Å². The summed E-state index contributed by atoms with van der Waals surface area (Å²) in [5.74, 6) is 0. The summed E-state index contributed by atoms with van der Waals surface area (Å²) in [5.41, 5.74) is 3.75. The van der Waals surface area contributed by atoms with Gasteiger partial charge in [-0.2, -0.15) is 0 Å². The summed E-state index contributed by atoms with van der Waals surface area (Å²) in [4.78, 5) is 8.58. The molecule has 2 rings (SSSR count). The van der Waals surface area contributed by atoms with Crippen LogP contribution in [0.5, 0.6) is 0 Å². The van der Waals surface area contributed by atoms with Crippen LogP contribution in [0.1, 0.15) is 31.9 Å². The highest BCUT2D eigenvalue weighted by Crippen LogP contribution is 2.11. The van der Waals surface area contributed by atoms with Crippen molar-refractivity contribution in [3.8, 4) is 0 Å². The van der Waals surface area contributed by atoms with Crippen LogP contribution in [-0.4, -0.2) is 12.1 Å². The van der Waals surface area contributed by atoms with Crippen LogP contribution in [-0.2, 0) is 0 Å². The van der Waals surface area contributed by atoms with Gasteiger partial charge in [-0.1, -0.05) is 81.1 Å². The Morgan fingerprint density at radius 3 is 1.86 bits per heavy atom. The van der Waals surface area contributed by atoms with Crippen LogP contribution in [0.4, 0.5) is 0 Å². The first-order valence-corrected chi connectivity index (χ1v) is 7.14. The molecule has 0 atom stereocenters. The van der Waals surface area contributed by atoms with E-state index >= 15 is 0 Å². The van der Waals surface area contributed by atoms with Crippen LogP contribution in [0.3, 0.4) is 0 Å². The summed E-state index contributed by atoms with van der Waals surface area (Å²) in [5, 5.41) is 0. The van der Waals surface area contributed by atoms with Crippen LogP contribution >= 0.6 is 0 Å². The number of hydrogen-bond acceptors (Lipinski definition) is 1. The van der Waals surface area contributed by atoms with Crippen molar-refractivity contribution in [1.82, 2.24) is 0 Å². The molecule has 21 heavy (non-hydrogen) atoms. The number of rotatable bonds is 4. The molecule has 0 heterocycles. The van der Waals surface area contributed by atoms with Gasteiger partial charge in [0, 0.05) is 5.71 Å². The number of aliphatic imine (C=N–C) groups is 2. The van der Waals surface area contributed by atoms with Crippen LogP contribution in [0.25, 0.3) is 5.70 Å². The molecule has 2 heteroatoms. The lowest BCUT2D eigenvalue weighted by Crippen LogP contribution is -1.93. The maximum Gasteiger partial charge on any atom is 0.116 e. The smallest absolute Gasteiger partial charge is 0.116 e. The zero-order chi connectivity index (χ0) is 15.5. The second kappa shape index (κ2) is 9.43. The summed E-state index contributed by atoms with van der Waals surface area (Å²) < 4.78 is 0. The maximum absolute atomic E-state index is 4.32. The molecule has 0 radical (unpaired) electrons. The van der Waals surface area contributed by atoms with E-state index in [9.17, 15) is 0 Å². The maximum atomic E-state index is 4.32. The average molecular weight is 278 g/mol. The van der Waals surface area contributed by atoms with Crippen molar-refractivity contribution in [1.29, 1.82) is 0 Å². The first kappa shape index (κ1) is 16.6. The standard InChI is InChI=1S/C17H16N2.C2H6/c1-14(16-9-5-3-6-10-16)18-13-19-15(2)17-11-7-4-8-12-17;1-2/h3-13H,1H2,2H3;1-2H3. The molecule has 2 aromatic rings. The van der Waals surface area contributed by atoms with E-state index in [1.165, 1.54) is 0 Å². The summed E-state index contributed by atoms with van der Waals surface area (Å²) in [6, 6.07) is 19.9. The molecule has 0 saturated heterocycles. The normalized spacial score (nSPS) is 10.9. The molecule has 0 aromatic heterocycles. The average Bonchev–Trinajstić information content (AvgIpc) is 2.58. The molecule has 0 fully saturated rings. The van der Waals surface area contributed by atoms with E-state index < -0.39 is 0 Å². The molecule has 108 valence electrons. The summed E-state index contributed by atoms with van der Waals surface area (Å²) in [6.07, 6.45) is 1.55. The van der Waals surface area contributed by atoms with E-state index in [0.29, 0.717) is 5.70 Å². The van der Waals surface area contributed by atoms with Gasteiger partial charge in [0.1, 0.15) is 6.34 Å². The van der Waals surface area contributed by atoms with Crippen molar-refractivity contribution < 1.29 is 0 Å². The third-order valence-corrected chi connectivity index (χ3v) is 2.76. The molecule has 0 spiro atoms. The van der Waals surface area contributed by atoms with Gasteiger partial charge in [0.25, 0.3) is 0 Å². The van der Waals surface area contributed by atoms with Gasteiger partial charge in [-0.25, -0.2) is 9.98 Å². The number of benzene rings is 2. The van der Waals surface area contributed by atoms with E-state index in [0.717, 1.165) is 16.8 Å². The highest BCUT2D eigenvalue weighted by Gasteiger charge is 1.95. The van der Waals surface area contributed by atoms with E-state index in [1.807, 2.05) is 81.4 Å². The van der Waals surface area contributed by atoms with Gasteiger partial charge in [-0.05, 0) is 18.1 Å². The minimum absolute atomic E-state index is 0.713. The molecule has 0 unspecified atom stereocenters. The van der Waals surface area contributed by atoms with Crippen molar-refractivity contribution in [3.05, 3.63) is 78.4 Å². The first-order valence-electron chi connectivity index (χ1n) is 7.14. The van der Waals surface area contributed by atoms with Crippen LogP contribution in [0, 0.1) is 0 Å². The Labute approximate surface area is 127 Å². The van der Waals surface area contributed by atoms with E-state index in [2.05, 4.69) is 16.6 Å². The summed E-state index contributed by atoms with van der Waals surface area (Å²) in [7, 11) is 0. The van der Waals surface area contributed by atoms with Gasteiger partial charge in [0.05, 0.1) is 5.70 Å². The van der Waals surface area contributed by atoms with Crippen LogP contribution in [0.2, 0.25) is 0 Å². The minimum atomic E-state index is 0.713. The first-order chi connectivity index (χ1) is 10.3. The SMILES string of the molecule is C=C(N=CN=C(C)c1ccccc1)c1ccccc1.CC. The molecule has 2 aromatic carbocycles. The Balaban J connectivity index is 0.00000106. The molecule has 0 aliphatic carbocycles. The van der Waals surface area contributed by atoms with Crippen LogP contribution < -0.4 is 0 Å². The molecular weight excluding hydrogens is 256 g/mol. The lowest BCUT2D eigenvalue weighted by Gasteiger charge is -1.99. The van der Waals surface area contributed by atoms with Crippen LogP contribution in [0.15, 0.2) is 77.2 Å². The molecule has 0 amide bonds. The van der Waals surface area contributed by atoms with Gasteiger partial charge in [-0.15, -0.1) is 0 Å². The van der Waals surface area contributed by atoms with Gasteiger partial charge in [0.2, 0.25) is 0 Å². The van der Waals surface area contributed by atoms with E-state index in [-0.39, 0.29) is 0 Å². The molecule has 0 aliphatic heterocycles.